The SMILES string of the molecule is CCCN(CCCl)c1ccc(C)c(N)c1. The Hall–Kier alpha value is -0.890. The van der Waals surface area contributed by atoms with Crippen LogP contribution in [0.25, 0.3) is 0 Å². The molecule has 0 aliphatic rings. The number of hydrogen-bond acceptors (Lipinski definition) is 2. The Morgan fingerprint density at radius 3 is 2.60 bits per heavy atom. The first-order valence-electron chi connectivity index (χ1n) is 5.36. The number of aryl methyl sites for hydroxylation is 1. The molecular weight excluding hydrogens is 208 g/mol. The molecule has 0 saturated carbocycles. The highest BCUT2D eigenvalue weighted by molar-refractivity contribution is 6.18. The summed E-state index contributed by atoms with van der Waals surface area (Å²) in [4.78, 5) is 2.27. The van der Waals surface area contributed by atoms with Crippen LogP contribution >= 0.6 is 11.6 Å². The molecule has 0 spiro atoms. The Morgan fingerprint density at radius 2 is 2.07 bits per heavy atom. The van der Waals surface area contributed by atoms with Crippen LogP contribution in [0.2, 0.25) is 0 Å². The van der Waals surface area contributed by atoms with Gasteiger partial charge in [0.25, 0.3) is 0 Å². The lowest BCUT2D eigenvalue weighted by Gasteiger charge is -2.23. The predicted octanol–water partition coefficient (Wildman–Crippen LogP) is 3.03. The molecular formula is C12H19ClN2. The Labute approximate surface area is 97.0 Å². The topological polar surface area (TPSA) is 29.3 Å². The maximum absolute atomic E-state index is 5.89. The van der Waals surface area contributed by atoms with Crippen LogP contribution < -0.4 is 10.6 Å². The van der Waals surface area contributed by atoms with E-state index in [9.17, 15) is 0 Å². The van der Waals surface area contributed by atoms with E-state index in [-0.39, 0.29) is 0 Å². The molecule has 0 amide bonds. The average Bonchev–Trinajstić information content (AvgIpc) is 2.22. The highest BCUT2D eigenvalue weighted by atomic mass is 35.5. The summed E-state index contributed by atoms with van der Waals surface area (Å²) in [5.41, 5.74) is 9.03. The molecule has 0 bridgehead atoms. The van der Waals surface area contributed by atoms with Gasteiger partial charge >= 0.3 is 0 Å². The highest BCUT2D eigenvalue weighted by Gasteiger charge is 2.05. The first-order chi connectivity index (χ1) is 7.19. The molecule has 0 unspecified atom stereocenters. The van der Waals surface area contributed by atoms with Crippen LogP contribution in [-0.4, -0.2) is 19.0 Å². The fraction of sp³-hybridized carbons (Fsp3) is 0.500. The highest BCUT2D eigenvalue weighted by Crippen LogP contribution is 2.21. The molecule has 15 heavy (non-hydrogen) atoms. The lowest BCUT2D eigenvalue weighted by molar-refractivity contribution is 0.794. The van der Waals surface area contributed by atoms with Crippen molar-refractivity contribution >= 4 is 23.0 Å². The summed E-state index contributed by atoms with van der Waals surface area (Å²) in [6.07, 6.45) is 1.12. The van der Waals surface area contributed by atoms with Gasteiger partial charge in [0.05, 0.1) is 0 Å². The molecule has 0 aliphatic carbocycles. The zero-order valence-electron chi connectivity index (χ0n) is 9.46. The molecule has 0 radical (unpaired) electrons. The second-order valence-corrected chi connectivity index (χ2v) is 4.09. The Balaban J connectivity index is 2.85. The summed E-state index contributed by atoms with van der Waals surface area (Å²) in [7, 11) is 0. The average molecular weight is 227 g/mol. The second-order valence-electron chi connectivity index (χ2n) is 3.72. The maximum atomic E-state index is 5.89. The lowest BCUT2D eigenvalue weighted by atomic mass is 10.1. The van der Waals surface area contributed by atoms with Crippen LogP contribution in [0.1, 0.15) is 18.9 Å². The molecule has 2 N–H and O–H groups in total. The maximum Gasteiger partial charge on any atom is 0.0399 e. The third kappa shape index (κ3) is 3.31. The number of benzene rings is 1. The second kappa shape index (κ2) is 5.86. The molecule has 0 aromatic heterocycles. The van der Waals surface area contributed by atoms with Gasteiger partial charge in [0.1, 0.15) is 0 Å². The Morgan fingerprint density at radius 1 is 1.33 bits per heavy atom. The Bertz CT molecular complexity index is 306. The zero-order chi connectivity index (χ0) is 11.3. The van der Waals surface area contributed by atoms with Gasteiger partial charge in [-0.05, 0) is 31.0 Å². The van der Waals surface area contributed by atoms with Crippen molar-refractivity contribution in [3.8, 4) is 0 Å². The summed E-state index contributed by atoms with van der Waals surface area (Å²) in [6.45, 7) is 6.08. The summed E-state index contributed by atoms with van der Waals surface area (Å²) >= 11 is 5.78. The minimum Gasteiger partial charge on any atom is -0.398 e. The van der Waals surface area contributed by atoms with Gasteiger partial charge in [0.15, 0.2) is 0 Å². The summed E-state index contributed by atoms with van der Waals surface area (Å²) < 4.78 is 0. The van der Waals surface area contributed by atoms with E-state index < -0.39 is 0 Å². The molecule has 1 aromatic carbocycles. The molecule has 0 aliphatic heterocycles. The minimum absolute atomic E-state index is 0.647. The van der Waals surface area contributed by atoms with E-state index in [4.69, 9.17) is 17.3 Å². The quantitative estimate of drug-likeness (QED) is 0.618. The number of nitrogens with two attached hydrogens (primary N) is 1. The van der Waals surface area contributed by atoms with Gasteiger partial charge in [-0.15, -0.1) is 11.6 Å². The molecule has 84 valence electrons. The molecule has 0 heterocycles. The molecule has 2 nitrogen and oxygen atoms in total. The van der Waals surface area contributed by atoms with Gasteiger partial charge in [-0.1, -0.05) is 13.0 Å². The summed E-state index contributed by atoms with van der Waals surface area (Å²) in [5, 5.41) is 0. The molecule has 0 fully saturated rings. The van der Waals surface area contributed by atoms with Crippen molar-refractivity contribution in [1.82, 2.24) is 0 Å². The van der Waals surface area contributed by atoms with Gasteiger partial charge in [-0.2, -0.15) is 0 Å². The van der Waals surface area contributed by atoms with Crippen LogP contribution in [0.3, 0.4) is 0 Å². The Kier molecular flexibility index (Phi) is 4.76. The summed E-state index contributed by atoms with van der Waals surface area (Å²) in [5.74, 6) is 0.647. The monoisotopic (exact) mass is 226 g/mol. The van der Waals surface area contributed by atoms with Crippen molar-refractivity contribution in [3.63, 3.8) is 0 Å². The number of alkyl halides is 1. The molecule has 0 saturated heterocycles. The molecule has 3 heteroatoms. The third-order valence-corrected chi connectivity index (χ3v) is 2.64. The number of anilines is 2. The molecule has 0 atom stereocenters. The fourth-order valence-corrected chi connectivity index (χ4v) is 1.77. The van der Waals surface area contributed by atoms with Gasteiger partial charge in [0, 0.05) is 30.3 Å². The van der Waals surface area contributed by atoms with Crippen molar-refractivity contribution < 1.29 is 0 Å². The smallest absolute Gasteiger partial charge is 0.0399 e. The first kappa shape index (κ1) is 12.2. The van der Waals surface area contributed by atoms with Gasteiger partial charge < -0.3 is 10.6 Å². The van der Waals surface area contributed by atoms with Crippen molar-refractivity contribution in [3.05, 3.63) is 23.8 Å². The van der Waals surface area contributed by atoms with E-state index in [2.05, 4.69) is 24.0 Å². The van der Waals surface area contributed by atoms with Gasteiger partial charge in [-0.25, -0.2) is 0 Å². The normalized spacial score (nSPS) is 10.3. The number of rotatable bonds is 5. The van der Waals surface area contributed by atoms with E-state index in [0.29, 0.717) is 5.88 Å². The molecule has 1 rings (SSSR count). The van der Waals surface area contributed by atoms with Crippen molar-refractivity contribution in [2.24, 2.45) is 0 Å². The number of hydrogen-bond donors (Lipinski definition) is 1. The summed E-state index contributed by atoms with van der Waals surface area (Å²) in [6, 6.07) is 6.19. The lowest BCUT2D eigenvalue weighted by Crippen LogP contribution is -2.26. The van der Waals surface area contributed by atoms with Crippen molar-refractivity contribution in [2.75, 3.05) is 29.6 Å². The van der Waals surface area contributed by atoms with Crippen LogP contribution in [0.15, 0.2) is 18.2 Å². The van der Waals surface area contributed by atoms with Crippen LogP contribution in [0.5, 0.6) is 0 Å². The predicted molar refractivity (Wildman–Crippen MR) is 68.8 cm³/mol. The first-order valence-corrected chi connectivity index (χ1v) is 5.89. The zero-order valence-corrected chi connectivity index (χ0v) is 10.2. The minimum atomic E-state index is 0.647. The van der Waals surface area contributed by atoms with E-state index in [0.717, 1.165) is 30.8 Å². The third-order valence-electron chi connectivity index (χ3n) is 2.48. The van der Waals surface area contributed by atoms with E-state index >= 15 is 0 Å². The van der Waals surface area contributed by atoms with E-state index in [1.807, 2.05) is 13.0 Å². The number of halogens is 1. The van der Waals surface area contributed by atoms with Crippen LogP contribution in [-0.2, 0) is 0 Å². The van der Waals surface area contributed by atoms with Crippen LogP contribution in [0, 0.1) is 6.92 Å². The van der Waals surface area contributed by atoms with E-state index in [1.165, 1.54) is 5.69 Å². The van der Waals surface area contributed by atoms with E-state index in [1.54, 1.807) is 0 Å². The van der Waals surface area contributed by atoms with Crippen molar-refractivity contribution in [2.45, 2.75) is 20.3 Å². The van der Waals surface area contributed by atoms with Gasteiger partial charge in [-0.3, -0.25) is 0 Å². The number of nitrogens with zero attached hydrogens (tertiary/aromatic N) is 1. The fourth-order valence-electron chi connectivity index (χ4n) is 1.57. The number of nitrogen functional groups attached to an aromatic ring is 1. The van der Waals surface area contributed by atoms with Crippen LogP contribution in [0.4, 0.5) is 11.4 Å². The van der Waals surface area contributed by atoms with Gasteiger partial charge in [0.2, 0.25) is 0 Å². The standard InChI is InChI=1S/C12H19ClN2/c1-3-7-15(8-6-13)11-5-4-10(2)12(14)9-11/h4-5,9H,3,6-8,14H2,1-2H3. The van der Waals surface area contributed by atoms with Crippen molar-refractivity contribution in [1.29, 1.82) is 0 Å². The largest absolute Gasteiger partial charge is 0.398 e. The molecule has 1 aromatic rings.